The number of imide groups is 1. The fourth-order valence-electron chi connectivity index (χ4n) is 5.48. The summed E-state index contributed by atoms with van der Waals surface area (Å²) in [5, 5.41) is 0.424. The zero-order valence-corrected chi connectivity index (χ0v) is 19.6. The van der Waals surface area contributed by atoms with Gasteiger partial charge in [0.25, 0.3) is 0 Å². The molecule has 1 aromatic rings. The first-order chi connectivity index (χ1) is 15.4. The predicted octanol–water partition coefficient (Wildman–Crippen LogP) is 4.09. The van der Waals surface area contributed by atoms with Gasteiger partial charge >= 0.3 is 0 Å². The van der Waals surface area contributed by atoms with Crippen molar-refractivity contribution >= 4 is 29.3 Å². The second-order valence-corrected chi connectivity index (χ2v) is 9.92. The molecule has 3 amide bonds. The molecule has 1 saturated carbocycles. The topological polar surface area (TPSA) is 66.9 Å². The normalized spacial score (nSPS) is 26.7. The smallest absolute Gasteiger partial charge is 0.241 e. The third-order valence-electron chi connectivity index (χ3n) is 7.37. The van der Waals surface area contributed by atoms with Gasteiger partial charge in [0.05, 0.1) is 11.5 Å². The molecule has 0 unspecified atom stereocenters. The van der Waals surface area contributed by atoms with Gasteiger partial charge in [0, 0.05) is 44.1 Å². The molecule has 1 aromatic carbocycles. The van der Waals surface area contributed by atoms with Crippen molar-refractivity contribution in [2.75, 3.05) is 20.2 Å². The molecule has 3 fully saturated rings. The summed E-state index contributed by atoms with van der Waals surface area (Å²) in [6, 6.07) is 7.06. The molecule has 0 radical (unpaired) electrons. The largest absolute Gasteiger partial charge is 0.378 e. The van der Waals surface area contributed by atoms with Crippen molar-refractivity contribution in [2.45, 2.75) is 81.8 Å². The van der Waals surface area contributed by atoms with E-state index in [1.165, 1.54) is 4.90 Å². The summed E-state index contributed by atoms with van der Waals surface area (Å²) < 4.78 is 5.79. The lowest BCUT2D eigenvalue weighted by atomic mass is 9.75. The van der Waals surface area contributed by atoms with Crippen LogP contribution in [-0.2, 0) is 24.5 Å². The van der Waals surface area contributed by atoms with Gasteiger partial charge in [-0.2, -0.15) is 0 Å². The van der Waals surface area contributed by atoms with Crippen LogP contribution >= 0.6 is 11.6 Å². The van der Waals surface area contributed by atoms with Crippen LogP contribution in [0, 0.1) is 0 Å². The fourth-order valence-corrected chi connectivity index (χ4v) is 5.79. The molecule has 32 heavy (non-hydrogen) atoms. The molecule has 4 rings (SSSR count). The number of hydrogen-bond donors (Lipinski definition) is 0. The minimum atomic E-state index is -1.23. The van der Waals surface area contributed by atoms with Crippen molar-refractivity contribution in [3.8, 4) is 0 Å². The van der Waals surface area contributed by atoms with Crippen molar-refractivity contribution in [1.82, 2.24) is 9.80 Å². The van der Waals surface area contributed by atoms with E-state index in [4.69, 9.17) is 16.3 Å². The highest BCUT2D eigenvalue weighted by Gasteiger charge is 2.56. The molecule has 2 heterocycles. The van der Waals surface area contributed by atoms with Gasteiger partial charge in [-0.15, -0.1) is 0 Å². The van der Waals surface area contributed by atoms with E-state index < -0.39 is 5.41 Å². The van der Waals surface area contributed by atoms with Gasteiger partial charge in [0.1, 0.15) is 0 Å². The van der Waals surface area contributed by atoms with E-state index in [1.54, 1.807) is 30.1 Å². The van der Waals surface area contributed by atoms with Crippen LogP contribution in [0.15, 0.2) is 24.3 Å². The number of ether oxygens (including phenoxy) is 1. The summed E-state index contributed by atoms with van der Waals surface area (Å²) in [6.45, 7) is 1.35. The molecule has 0 spiro atoms. The zero-order chi connectivity index (χ0) is 22.7. The second-order valence-electron chi connectivity index (χ2n) is 9.52. The Labute approximate surface area is 195 Å². The molecule has 3 aliphatic rings. The lowest BCUT2D eigenvalue weighted by Gasteiger charge is -2.31. The van der Waals surface area contributed by atoms with Crippen molar-refractivity contribution in [2.24, 2.45) is 0 Å². The maximum absolute atomic E-state index is 13.8. The number of rotatable bonds is 7. The molecule has 0 aromatic heterocycles. The van der Waals surface area contributed by atoms with Crippen molar-refractivity contribution in [3.05, 3.63) is 34.9 Å². The Morgan fingerprint density at radius 1 is 1.16 bits per heavy atom. The Hall–Kier alpha value is -1.92. The first-order valence-corrected chi connectivity index (χ1v) is 12.3. The molecule has 1 aliphatic carbocycles. The van der Waals surface area contributed by atoms with E-state index in [2.05, 4.69) is 0 Å². The molecule has 2 aliphatic heterocycles. The standard InChI is InChI=1S/C25H33ClN2O4/c1-27(14-13-19-10-6-7-15-32-19)22(29)16-25(20-11-4-5-12-21(20)26)17-23(30)28(24(25)31)18-8-2-3-9-18/h4-5,11-12,18-19H,2-3,6-10,13-17H2,1H3/t19-,25-/m0/s1. The van der Waals surface area contributed by atoms with Crippen molar-refractivity contribution in [1.29, 1.82) is 0 Å². The molecular weight excluding hydrogens is 428 g/mol. The molecule has 0 N–H and O–H groups in total. The fraction of sp³-hybridized carbons (Fsp3) is 0.640. The van der Waals surface area contributed by atoms with Crippen LogP contribution in [0.4, 0.5) is 0 Å². The average Bonchev–Trinajstić information content (AvgIpc) is 3.39. The third-order valence-corrected chi connectivity index (χ3v) is 7.70. The second kappa shape index (κ2) is 9.92. The number of likely N-dealkylation sites (tertiary alicyclic amines) is 1. The highest BCUT2D eigenvalue weighted by molar-refractivity contribution is 6.32. The van der Waals surface area contributed by atoms with E-state index in [1.807, 2.05) is 6.07 Å². The van der Waals surface area contributed by atoms with E-state index in [-0.39, 0.29) is 42.7 Å². The number of benzene rings is 1. The molecule has 7 heteroatoms. The number of carbonyl (C=O) groups excluding carboxylic acids is 3. The Kier molecular flexibility index (Phi) is 7.21. The highest BCUT2D eigenvalue weighted by atomic mass is 35.5. The summed E-state index contributed by atoms with van der Waals surface area (Å²) in [6.07, 6.45) is 7.91. The molecule has 2 atom stereocenters. The summed E-state index contributed by atoms with van der Waals surface area (Å²) in [7, 11) is 1.77. The predicted molar refractivity (Wildman–Crippen MR) is 122 cm³/mol. The summed E-state index contributed by atoms with van der Waals surface area (Å²) in [5.74, 6) is -0.595. The van der Waals surface area contributed by atoms with Crippen LogP contribution in [0.1, 0.15) is 69.8 Å². The highest BCUT2D eigenvalue weighted by Crippen LogP contribution is 2.45. The maximum Gasteiger partial charge on any atom is 0.241 e. The van der Waals surface area contributed by atoms with Crippen molar-refractivity contribution in [3.63, 3.8) is 0 Å². The molecule has 174 valence electrons. The Morgan fingerprint density at radius 3 is 2.56 bits per heavy atom. The summed E-state index contributed by atoms with van der Waals surface area (Å²) >= 11 is 6.52. The summed E-state index contributed by atoms with van der Waals surface area (Å²) in [4.78, 5) is 43.3. The lowest BCUT2D eigenvalue weighted by Crippen LogP contribution is -2.45. The minimum absolute atomic E-state index is 0.00260. The van der Waals surface area contributed by atoms with Gasteiger partial charge in [-0.1, -0.05) is 42.6 Å². The Balaban J connectivity index is 1.55. The van der Waals surface area contributed by atoms with Gasteiger partial charge in [0.2, 0.25) is 17.7 Å². The van der Waals surface area contributed by atoms with Crippen LogP contribution in [0.25, 0.3) is 0 Å². The molecular formula is C25H33ClN2O4. The zero-order valence-electron chi connectivity index (χ0n) is 18.9. The Morgan fingerprint density at radius 2 is 1.88 bits per heavy atom. The van der Waals surface area contributed by atoms with Crippen LogP contribution in [0.2, 0.25) is 5.02 Å². The molecule has 2 saturated heterocycles. The number of carbonyl (C=O) groups is 3. The van der Waals surface area contributed by atoms with Gasteiger partial charge in [-0.3, -0.25) is 19.3 Å². The maximum atomic E-state index is 13.8. The first-order valence-electron chi connectivity index (χ1n) is 11.9. The monoisotopic (exact) mass is 460 g/mol. The van der Waals surface area contributed by atoms with E-state index in [0.717, 1.165) is 58.0 Å². The van der Waals surface area contributed by atoms with E-state index in [0.29, 0.717) is 17.1 Å². The first kappa shape index (κ1) is 23.2. The van der Waals surface area contributed by atoms with Gasteiger partial charge in [-0.05, 0) is 50.2 Å². The van der Waals surface area contributed by atoms with E-state index >= 15 is 0 Å². The van der Waals surface area contributed by atoms with Crippen LogP contribution in [-0.4, -0.2) is 59.9 Å². The van der Waals surface area contributed by atoms with Gasteiger partial charge in [-0.25, -0.2) is 0 Å². The molecule has 6 nitrogen and oxygen atoms in total. The number of halogens is 1. The van der Waals surface area contributed by atoms with E-state index in [9.17, 15) is 14.4 Å². The number of amides is 3. The average molecular weight is 461 g/mol. The third kappa shape index (κ3) is 4.58. The van der Waals surface area contributed by atoms with Crippen LogP contribution in [0.5, 0.6) is 0 Å². The number of nitrogens with zero attached hydrogens (tertiary/aromatic N) is 2. The SMILES string of the molecule is CN(CC[C@@H]1CCCCO1)C(=O)C[C@@]1(c2ccccc2Cl)CC(=O)N(C2CCCC2)C1=O. The molecule has 0 bridgehead atoms. The quantitative estimate of drug-likeness (QED) is 0.575. The van der Waals surface area contributed by atoms with Gasteiger partial charge in [0.15, 0.2) is 0 Å². The lowest BCUT2D eigenvalue weighted by molar-refractivity contribution is -0.144. The van der Waals surface area contributed by atoms with Gasteiger partial charge < -0.3 is 9.64 Å². The van der Waals surface area contributed by atoms with Crippen LogP contribution < -0.4 is 0 Å². The summed E-state index contributed by atoms with van der Waals surface area (Å²) in [5.41, 5.74) is -0.650. The van der Waals surface area contributed by atoms with Crippen molar-refractivity contribution < 1.29 is 19.1 Å². The van der Waals surface area contributed by atoms with Crippen LogP contribution in [0.3, 0.4) is 0 Å². The number of hydrogen-bond acceptors (Lipinski definition) is 4. The minimum Gasteiger partial charge on any atom is -0.378 e. The Bertz CT molecular complexity index is 863.